The molecule has 0 aliphatic carbocycles. The van der Waals surface area contributed by atoms with Crippen molar-refractivity contribution in [2.24, 2.45) is 0 Å². The number of Topliss-reactive ketones (excluding diaryl/α,β-unsaturated/α-hetero) is 1. The average Bonchev–Trinajstić information content (AvgIpc) is 2.75. The molecule has 0 amide bonds. The van der Waals surface area contributed by atoms with Gasteiger partial charge >= 0.3 is 11.9 Å². The van der Waals surface area contributed by atoms with Crippen LogP contribution in [0.5, 0.6) is 0 Å². The number of aromatic nitrogens is 1. The number of carboxylic acids is 1. The fraction of sp³-hybridized carbons (Fsp3) is 0.136. The largest absolute Gasteiger partial charge is 0.478 e. The van der Waals surface area contributed by atoms with Gasteiger partial charge in [-0.3, -0.25) is 9.59 Å². The van der Waals surface area contributed by atoms with Gasteiger partial charge < -0.3 is 9.67 Å². The monoisotopic (exact) mass is 465 g/mol. The topological polar surface area (TPSA) is 76.4 Å². The molecule has 2 aromatic carbocycles. The van der Waals surface area contributed by atoms with Crippen molar-refractivity contribution < 1.29 is 23.5 Å². The highest BCUT2D eigenvalue weighted by atomic mass is 35.5. The number of carbonyl (C=O) groups excluding carboxylic acids is 1. The van der Waals surface area contributed by atoms with Crippen LogP contribution in [-0.2, 0) is 18.9 Å². The predicted molar refractivity (Wildman–Crippen MR) is 112 cm³/mol. The zero-order valence-electron chi connectivity index (χ0n) is 15.8. The Labute approximate surface area is 185 Å². The molecule has 0 aliphatic heterocycles. The smallest absolute Gasteiger partial charge is 0.336 e. The molecule has 3 rings (SSSR count). The molecule has 3 aromatic rings. The fourth-order valence-corrected chi connectivity index (χ4v) is 3.59. The number of ketones is 1. The quantitative estimate of drug-likeness (QED) is 0.494. The SMILES string of the molecule is O=C(O)c1ccc(CCn2c(C(=O)C(F)(F)c3ccccc3)c(Cl)cc(Cl)c2=O)cc1. The van der Waals surface area contributed by atoms with E-state index in [4.69, 9.17) is 28.3 Å². The normalized spacial score (nSPS) is 11.4. The molecule has 5 nitrogen and oxygen atoms in total. The number of alkyl halides is 2. The molecular formula is C22H15Cl2F2NO4. The average molecular weight is 466 g/mol. The van der Waals surface area contributed by atoms with Crippen LogP contribution in [0.4, 0.5) is 8.78 Å². The Morgan fingerprint density at radius 1 is 0.968 bits per heavy atom. The van der Waals surface area contributed by atoms with E-state index in [1.54, 1.807) is 0 Å². The van der Waals surface area contributed by atoms with Gasteiger partial charge in [0.1, 0.15) is 10.7 Å². The van der Waals surface area contributed by atoms with E-state index in [1.807, 2.05) is 0 Å². The minimum absolute atomic E-state index is 0.0742. The first-order chi connectivity index (χ1) is 14.6. The molecule has 0 unspecified atom stereocenters. The van der Waals surface area contributed by atoms with Crippen LogP contribution < -0.4 is 5.56 Å². The summed E-state index contributed by atoms with van der Waals surface area (Å²) in [6, 6.07) is 13.3. The fourth-order valence-electron chi connectivity index (χ4n) is 3.03. The lowest BCUT2D eigenvalue weighted by atomic mass is 10.0. The molecule has 160 valence electrons. The minimum atomic E-state index is -3.92. The van der Waals surface area contributed by atoms with Gasteiger partial charge in [-0.05, 0) is 30.2 Å². The van der Waals surface area contributed by atoms with Crippen molar-refractivity contribution in [1.29, 1.82) is 0 Å². The molecule has 0 aliphatic rings. The Hall–Kier alpha value is -3.03. The van der Waals surface area contributed by atoms with E-state index in [-0.39, 0.29) is 28.6 Å². The number of hydrogen-bond donors (Lipinski definition) is 1. The van der Waals surface area contributed by atoms with Crippen molar-refractivity contribution in [3.8, 4) is 0 Å². The van der Waals surface area contributed by atoms with Crippen LogP contribution in [0.2, 0.25) is 10.0 Å². The number of aryl methyl sites for hydroxylation is 1. The number of pyridine rings is 1. The van der Waals surface area contributed by atoms with Crippen LogP contribution in [0.3, 0.4) is 0 Å². The van der Waals surface area contributed by atoms with Crippen LogP contribution in [0.25, 0.3) is 0 Å². The molecular weight excluding hydrogens is 451 g/mol. The van der Waals surface area contributed by atoms with Gasteiger partial charge in [-0.2, -0.15) is 8.78 Å². The highest BCUT2D eigenvalue weighted by molar-refractivity contribution is 6.36. The summed E-state index contributed by atoms with van der Waals surface area (Å²) in [5, 5.41) is 8.28. The van der Waals surface area contributed by atoms with E-state index in [1.165, 1.54) is 42.5 Å². The first kappa shape index (κ1) is 22.7. The molecule has 0 atom stereocenters. The standard InChI is InChI=1S/C22H15Cl2F2NO4/c23-16-12-17(24)20(29)27(11-10-13-6-8-14(9-7-13)21(30)31)18(16)19(28)22(25,26)15-4-2-1-3-5-15/h1-9,12H,10-11H2,(H,30,31). The predicted octanol–water partition coefficient (Wildman–Crippen LogP) is 5.07. The number of carbonyl (C=O) groups is 2. The molecule has 0 saturated carbocycles. The molecule has 0 saturated heterocycles. The Bertz CT molecular complexity index is 1190. The lowest BCUT2D eigenvalue weighted by molar-refractivity contribution is 0.00640. The van der Waals surface area contributed by atoms with Crippen molar-refractivity contribution in [3.63, 3.8) is 0 Å². The highest BCUT2D eigenvalue weighted by Crippen LogP contribution is 2.34. The van der Waals surface area contributed by atoms with E-state index in [0.29, 0.717) is 5.56 Å². The zero-order chi connectivity index (χ0) is 22.8. The van der Waals surface area contributed by atoms with E-state index >= 15 is 0 Å². The molecule has 1 N–H and O–H groups in total. The van der Waals surface area contributed by atoms with Crippen LogP contribution in [0, 0.1) is 0 Å². The molecule has 1 aromatic heterocycles. The van der Waals surface area contributed by atoms with E-state index in [2.05, 4.69) is 0 Å². The second-order valence-electron chi connectivity index (χ2n) is 6.67. The lowest BCUT2D eigenvalue weighted by Gasteiger charge is -2.20. The van der Waals surface area contributed by atoms with E-state index < -0.39 is 34.5 Å². The summed E-state index contributed by atoms with van der Waals surface area (Å²) < 4.78 is 30.6. The number of aromatic carboxylic acids is 1. The summed E-state index contributed by atoms with van der Waals surface area (Å²) in [4.78, 5) is 36.3. The summed E-state index contributed by atoms with van der Waals surface area (Å²) in [7, 11) is 0. The van der Waals surface area contributed by atoms with Gasteiger partial charge in [-0.1, -0.05) is 65.7 Å². The molecule has 9 heteroatoms. The van der Waals surface area contributed by atoms with Crippen molar-refractivity contribution in [1.82, 2.24) is 4.57 Å². The molecule has 31 heavy (non-hydrogen) atoms. The lowest BCUT2D eigenvalue weighted by Crippen LogP contribution is -2.34. The van der Waals surface area contributed by atoms with Gasteiger partial charge in [-0.25, -0.2) is 4.79 Å². The van der Waals surface area contributed by atoms with Gasteiger partial charge in [0.25, 0.3) is 11.3 Å². The zero-order valence-corrected chi connectivity index (χ0v) is 17.3. The first-order valence-corrected chi connectivity index (χ1v) is 9.77. The van der Waals surface area contributed by atoms with E-state index in [9.17, 15) is 23.2 Å². The number of rotatable bonds is 7. The second-order valence-corrected chi connectivity index (χ2v) is 7.48. The minimum Gasteiger partial charge on any atom is -0.478 e. The van der Waals surface area contributed by atoms with Crippen molar-refractivity contribution in [2.45, 2.75) is 18.9 Å². The summed E-state index contributed by atoms with van der Waals surface area (Å²) in [5.74, 6) is -6.64. The van der Waals surface area contributed by atoms with Gasteiger partial charge in [0, 0.05) is 12.1 Å². The van der Waals surface area contributed by atoms with E-state index in [0.717, 1.165) is 22.8 Å². The summed E-state index contributed by atoms with van der Waals surface area (Å²) in [6.07, 6.45) is 0.146. The van der Waals surface area contributed by atoms with Crippen molar-refractivity contribution in [2.75, 3.05) is 0 Å². The third kappa shape index (κ3) is 4.68. The number of nitrogens with zero attached hydrogens (tertiary/aromatic N) is 1. The summed E-state index contributed by atoms with van der Waals surface area (Å²) in [5.41, 5.74) is -1.31. The van der Waals surface area contributed by atoms with Crippen LogP contribution in [0.1, 0.15) is 32.0 Å². The van der Waals surface area contributed by atoms with Crippen LogP contribution in [0.15, 0.2) is 65.5 Å². The second kappa shape index (κ2) is 8.99. The maximum absolute atomic E-state index is 14.9. The molecule has 0 fully saturated rings. The Balaban J connectivity index is 2.00. The van der Waals surface area contributed by atoms with Crippen LogP contribution >= 0.6 is 23.2 Å². The Morgan fingerprint density at radius 2 is 1.58 bits per heavy atom. The first-order valence-electron chi connectivity index (χ1n) is 9.02. The van der Waals surface area contributed by atoms with Gasteiger partial charge in [0.05, 0.1) is 10.6 Å². The number of benzene rings is 2. The molecule has 0 spiro atoms. The van der Waals surface area contributed by atoms with Gasteiger partial charge in [0.2, 0.25) is 0 Å². The van der Waals surface area contributed by atoms with Crippen molar-refractivity contribution in [3.05, 3.63) is 103 Å². The molecule has 0 bridgehead atoms. The van der Waals surface area contributed by atoms with Crippen LogP contribution in [-0.4, -0.2) is 21.4 Å². The third-order valence-corrected chi connectivity index (χ3v) is 5.22. The highest BCUT2D eigenvalue weighted by Gasteiger charge is 2.43. The van der Waals surface area contributed by atoms with Gasteiger partial charge in [-0.15, -0.1) is 0 Å². The molecule has 0 radical (unpaired) electrons. The Kier molecular flexibility index (Phi) is 6.57. The maximum Gasteiger partial charge on any atom is 0.336 e. The number of carboxylic acid groups (broad SMARTS) is 1. The summed E-state index contributed by atoms with van der Waals surface area (Å²) in [6.45, 7) is -0.169. The summed E-state index contributed by atoms with van der Waals surface area (Å²) >= 11 is 12.0. The number of hydrogen-bond acceptors (Lipinski definition) is 3. The number of halogens is 4. The Morgan fingerprint density at radius 3 is 2.16 bits per heavy atom. The maximum atomic E-state index is 14.9. The van der Waals surface area contributed by atoms with Crippen molar-refractivity contribution >= 4 is 35.0 Å². The molecule has 1 heterocycles. The third-order valence-electron chi connectivity index (χ3n) is 4.66. The van der Waals surface area contributed by atoms with Gasteiger partial charge in [0.15, 0.2) is 0 Å².